The first-order chi connectivity index (χ1) is 14.0. The number of carbonyl (C=O) groups excluding carboxylic acids is 1. The Labute approximate surface area is 175 Å². The molecule has 0 spiro atoms. The van der Waals surface area contributed by atoms with Crippen LogP contribution in [-0.4, -0.2) is 37.9 Å². The monoisotopic (exact) mass is 389 g/mol. The quantitative estimate of drug-likeness (QED) is 0.486. The number of hydrogen-bond acceptors (Lipinski definition) is 3. The second-order valence-electron chi connectivity index (χ2n) is 7.26. The van der Waals surface area contributed by atoms with Crippen molar-refractivity contribution in [1.82, 2.24) is 4.90 Å². The van der Waals surface area contributed by atoms with Gasteiger partial charge in [0, 0.05) is 17.5 Å². The molecular formula is C26H31NO2. The largest absolute Gasteiger partial charge is 0.497 e. The van der Waals surface area contributed by atoms with Crippen molar-refractivity contribution in [3.63, 3.8) is 0 Å². The molecule has 0 amide bonds. The Morgan fingerprint density at radius 2 is 1.31 bits per heavy atom. The molecule has 152 valence electrons. The molecule has 0 fully saturated rings. The number of carbonyl (C=O) groups is 1. The van der Waals surface area contributed by atoms with E-state index in [1.54, 1.807) is 7.11 Å². The first kappa shape index (κ1) is 22.4. The van der Waals surface area contributed by atoms with Crippen molar-refractivity contribution in [2.75, 3.05) is 21.2 Å². The fraction of sp³-hybridized carbons (Fsp3) is 0.269. The average molecular weight is 390 g/mol. The third-order valence-corrected chi connectivity index (χ3v) is 5.02. The molecule has 2 atom stereocenters. The minimum absolute atomic E-state index is 0.137. The van der Waals surface area contributed by atoms with E-state index in [1.807, 2.05) is 105 Å². The molecule has 3 heteroatoms. The summed E-state index contributed by atoms with van der Waals surface area (Å²) in [5.41, 5.74) is 1.80. The van der Waals surface area contributed by atoms with Crippen LogP contribution in [0.5, 0.6) is 5.75 Å². The SMILES string of the molecule is COc1ccc(C(=O)C(CC(C)N(C)C)c2ccccc2)cc1.c1ccccc1. The average Bonchev–Trinajstić information content (AvgIpc) is 2.79. The summed E-state index contributed by atoms with van der Waals surface area (Å²) in [7, 11) is 5.72. The first-order valence-electron chi connectivity index (χ1n) is 9.92. The lowest BCUT2D eigenvalue weighted by atomic mass is 9.85. The second-order valence-corrected chi connectivity index (χ2v) is 7.26. The highest BCUT2D eigenvalue weighted by molar-refractivity contribution is 6.01. The van der Waals surface area contributed by atoms with Crippen LogP contribution in [-0.2, 0) is 0 Å². The maximum atomic E-state index is 13.0. The summed E-state index contributed by atoms with van der Waals surface area (Å²) in [5.74, 6) is 0.786. The lowest BCUT2D eigenvalue weighted by Crippen LogP contribution is -2.29. The molecule has 0 aliphatic heterocycles. The summed E-state index contributed by atoms with van der Waals surface area (Å²) < 4.78 is 5.17. The van der Waals surface area contributed by atoms with Crippen LogP contribution in [0.1, 0.15) is 35.2 Å². The molecule has 0 aromatic heterocycles. The van der Waals surface area contributed by atoms with Gasteiger partial charge < -0.3 is 9.64 Å². The Bertz CT molecular complexity index is 803. The van der Waals surface area contributed by atoms with E-state index in [-0.39, 0.29) is 11.7 Å². The highest BCUT2D eigenvalue weighted by Crippen LogP contribution is 2.27. The smallest absolute Gasteiger partial charge is 0.170 e. The van der Waals surface area contributed by atoms with Gasteiger partial charge in [-0.2, -0.15) is 0 Å². The van der Waals surface area contributed by atoms with E-state index in [9.17, 15) is 4.79 Å². The normalized spacial score (nSPS) is 12.4. The van der Waals surface area contributed by atoms with Gasteiger partial charge in [0.05, 0.1) is 7.11 Å². The Balaban J connectivity index is 0.000000426. The van der Waals surface area contributed by atoms with E-state index in [4.69, 9.17) is 4.74 Å². The molecule has 2 unspecified atom stereocenters. The van der Waals surface area contributed by atoms with Gasteiger partial charge >= 0.3 is 0 Å². The van der Waals surface area contributed by atoms with Crippen molar-refractivity contribution in [1.29, 1.82) is 0 Å². The van der Waals surface area contributed by atoms with E-state index in [0.717, 1.165) is 23.3 Å². The number of hydrogen-bond donors (Lipinski definition) is 0. The second kappa shape index (κ2) is 11.8. The van der Waals surface area contributed by atoms with Gasteiger partial charge in [-0.1, -0.05) is 66.7 Å². The number of benzene rings is 3. The van der Waals surface area contributed by atoms with Crippen LogP contribution in [0.3, 0.4) is 0 Å². The Kier molecular flexibility index (Phi) is 9.13. The molecule has 0 saturated carbocycles. The van der Waals surface area contributed by atoms with E-state index >= 15 is 0 Å². The van der Waals surface area contributed by atoms with Gasteiger partial charge in [-0.3, -0.25) is 4.79 Å². The predicted octanol–water partition coefficient (Wildman–Crippen LogP) is 5.69. The number of methoxy groups -OCH3 is 1. The highest BCUT2D eigenvalue weighted by Gasteiger charge is 2.24. The number of ketones is 1. The topological polar surface area (TPSA) is 29.5 Å². The Hall–Kier alpha value is -2.91. The van der Waals surface area contributed by atoms with E-state index in [1.165, 1.54) is 0 Å². The van der Waals surface area contributed by atoms with Gasteiger partial charge in [0.2, 0.25) is 0 Å². The summed E-state index contributed by atoms with van der Waals surface area (Å²) in [5, 5.41) is 0. The number of ether oxygens (including phenoxy) is 1. The van der Waals surface area contributed by atoms with Crippen LogP contribution < -0.4 is 4.74 Å². The van der Waals surface area contributed by atoms with Gasteiger partial charge in [0.15, 0.2) is 5.78 Å². The molecule has 0 heterocycles. The predicted molar refractivity (Wildman–Crippen MR) is 121 cm³/mol. The summed E-state index contributed by atoms with van der Waals surface area (Å²) in [6, 6.07) is 29.7. The molecule has 3 rings (SSSR count). The number of rotatable bonds is 7. The molecule has 0 bridgehead atoms. The zero-order chi connectivity index (χ0) is 21.1. The molecule has 0 radical (unpaired) electrons. The van der Waals surface area contributed by atoms with E-state index in [2.05, 4.69) is 11.8 Å². The summed E-state index contributed by atoms with van der Waals surface area (Å²) >= 11 is 0. The molecule has 3 aromatic carbocycles. The fourth-order valence-corrected chi connectivity index (χ4v) is 2.97. The third kappa shape index (κ3) is 7.20. The number of nitrogens with zero attached hydrogens (tertiary/aromatic N) is 1. The van der Waals surface area contributed by atoms with Crippen molar-refractivity contribution in [3.05, 3.63) is 102 Å². The maximum absolute atomic E-state index is 13.0. The van der Waals surface area contributed by atoms with Crippen LogP contribution in [0, 0.1) is 0 Å². The zero-order valence-electron chi connectivity index (χ0n) is 17.8. The fourth-order valence-electron chi connectivity index (χ4n) is 2.97. The maximum Gasteiger partial charge on any atom is 0.170 e. The van der Waals surface area contributed by atoms with Crippen LogP contribution in [0.4, 0.5) is 0 Å². The molecule has 3 nitrogen and oxygen atoms in total. The third-order valence-electron chi connectivity index (χ3n) is 5.02. The minimum Gasteiger partial charge on any atom is -0.497 e. The Morgan fingerprint density at radius 1 is 0.828 bits per heavy atom. The van der Waals surface area contributed by atoms with Crippen molar-refractivity contribution in [2.24, 2.45) is 0 Å². The van der Waals surface area contributed by atoms with Crippen LogP contribution in [0.2, 0.25) is 0 Å². The first-order valence-corrected chi connectivity index (χ1v) is 9.92. The molecule has 0 aliphatic carbocycles. The molecule has 0 N–H and O–H groups in total. The van der Waals surface area contributed by atoms with Gasteiger partial charge in [-0.05, 0) is 57.3 Å². The molecule has 29 heavy (non-hydrogen) atoms. The van der Waals surface area contributed by atoms with Crippen LogP contribution in [0.15, 0.2) is 91.0 Å². The van der Waals surface area contributed by atoms with Gasteiger partial charge in [0.25, 0.3) is 0 Å². The summed E-state index contributed by atoms with van der Waals surface area (Å²) in [6.45, 7) is 2.15. The van der Waals surface area contributed by atoms with Crippen molar-refractivity contribution < 1.29 is 9.53 Å². The molecular weight excluding hydrogens is 358 g/mol. The molecule has 3 aromatic rings. The highest BCUT2D eigenvalue weighted by atomic mass is 16.5. The van der Waals surface area contributed by atoms with Crippen molar-refractivity contribution >= 4 is 5.78 Å². The van der Waals surface area contributed by atoms with Crippen molar-refractivity contribution in [2.45, 2.75) is 25.3 Å². The van der Waals surface area contributed by atoms with E-state index < -0.39 is 0 Å². The van der Waals surface area contributed by atoms with Crippen LogP contribution in [0.25, 0.3) is 0 Å². The summed E-state index contributed by atoms with van der Waals surface area (Å²) in [6.07, 6.45) is 0.794. The van der Waals surface area contributed by atoms with Crippen molar-refractivity contribution in [3.8, 4) is 5.75 Å². The van der Waals surface area contributed by atoms with Gasteiger partial charge in [-0.25, -0.2) is 0 Å². The van der Waals surface area contributed by atoms with Gasteiger partial charge in [0.1, 0.15) is 5.75 Å². The summed E-state index contributed by atoms with van der Waals surface area (Å²) in [4.78, 5) is 15.2. The zero-order valence-corrected chi connectivity index (χ0v) is 17.8. The van der Waals surface area contributed by atoms with Crippen LogP contribution >= 0.6 is 0 Å². The lowest BCUT2D eigenvalue weighted by molar-refractivity contribution is 0.0941. The van der Waals surface area contributed by atoms with Gasteiger partial charge in [-0.15, -0.1) is 0 Å². The lowest BCUT2D eigenvalue weighted by Gasteiger charge is -2.25. The number of Topliss-reactive ketones (excluding diaryl/α,β-unsaturated/α-hetero) is 1. The molecule has 0 aliphatic rings. The van der Waals surface area contributed by atoms with E-state index in [0.29, 0.717) is 6.04 Å². The molecule has 0 saturated heterocycles. The minimum atomic E-state index is -0.137. The Morgan fingerprint density at radius 3 is 1.76 bits per heavy atom. The standard InChI is InChI=1S/C20H25NO2.C6H6/c1-15(21(2)3)14-19(16-8-6-5-7-9-16)20(22)17-10-12-18(23-4)13-11-17;1-2-4-6-5-3-1/h5-13,15,19H,14H2,1-4H3;1-6H.